The van der Waals surface area contributed by atoms with Crippen LogP contribution in [0.3, 0.4) is 0 Å². The highest BCUT2D eigenvalue weighted by molar-refractivity contribution is 6.05. The third-order valence-corrected chi connectivity index (χ3v) is 8.33. The van der Waals surface area contributed by atoms with Crippen molar-refractivity contribution in [3.05, 3.63) is 34.7 Å². The normalized spacial score (nSPS) is 26.3. The number of halogens is 1. The number of hydrogen-bond acceptors (Lipinski definition) is 6. The van der Waals surface area contributed by atoms with Gasteiger partial charge < -0.3 is 15.0 Å². The second-order valence-electron chi connectivity index (χ2n) is 10.9. The van der Waals surface area contributed by atoms with Gasteiger partial charge in [-0.1, -0.05) is 25.3 Å². The maximum Gasteiger partial charge on any atom is 0.260 e. The van der Waals surface area contributed by atoms with Gasteiger partial charge in [-0.2, -0.15) is 4.98 Å². The number of nitrogens with zero attached hydrogens (tertiary/aromatic N) is 4. The Kier molecular flexibility index (Phi) is 4.63. The van der Waals surface area contributed by atoms with Crippen LogP contribution in [-0.4, -0.2) is 53.1 Å². The van der Waals surface area contributed by atoms with Gasteiger partial charge in [0, 0.05) is 42.4 Å². The maximum absolute atomic E-state index is 14.0. The minimum Gasteiger partial charge on any atom is -0.380 e. The Morgan fingerprint density at radius 2 is 1.85 bits per heavy atom. The summed E-state index contributed by atoms with van der Waals surface area (Å²) in [7, 11) is 0. The van der Waals surface area contributed by atoms with Crippen LogP contribution >= 0.6 is 0 Å². The molecule has 4 fully saturated rings. The zero-order chi connectivity index (χ0) is 22.9. The highest BCUT2D eigenvalue weighted by atomic mass is 19.1. The topological polar surface area (TPSA) is 72.3 Å². The molecule has 2 saturated carbocycles. The van der Waals surface area contributed by atoms with Gasteiger partial charge in [0.1, 0.15) is 11.8 Å². The minimum atomic E-state index is -0.741. The summed E-state index contributed by atoms with van der Waals surface area (Å²) in [4.78, 5) is 25.7. The first-order valence-corrected chi connectivity index (χ1v) is 12.7. The third kappa shape index (κ3) is 3.21. The van der Waals surface area contributed by atoms with Gasteiger partial charge >= 0.3 is 0 Å². The van der Waals surface area contributed by atoms with Crippen molar-refractivity contribution in [3.63, 3.8) is 0 Å². The van der Waals surface area contributed by atoms with Crippen molar-refractivity contribution >= 4 is 33.4 Å². The van der Waals surface area contributed by atoms with Gasteiger partial charge in [0.15, 0.2) is 0 Å². The van der Waals surface area contributed by atoms with E-state index in [9.17, 15) is 9.18 Å². The van der Waals surface area contributed by atoms with E-state index in [4.69, 9.17) is 9.72 Å². The molecule has 178 valence electrons. The molecule has 7 nitrogen and oxygen atoms in total. The molecule has 1 spiro atoms. The second kappa shape index (κ2) is 7.63. The van der Waals surface area contributed by atoms with Gasteiger partial charge in [-0.25, -0.2) is 9.37 Å². The van der Waals surface area contributed by atoms with Gasteiger partial charge in [-0.05, 0) is 43.2 Å². The fraction of sp³-hybridized carbons (Fsp3) is 0.577. The molecule has 1 aromatic carbocycles. The largest absolute Gasteiger partial charge is 0.380 e. The quantitative estimate of drug-likeness (QED) is 0.585. The number of ether oxygens (including phenoxy) is 1. The van der Waals surface area contributed by atoms with Crippen molar-refractivity contribution in [2.24, 2.45) is 5.41 Å². The Hall–Kier alpha value is -2.74. The number of fused-ring (bicyclic) bond motifs is 3. The Morgan fingerprint density at radius 1 is 1.06 bits per heavy atom. The predicted octanol–water partition coefficient (Wildman–Crippen LogP) is 4.20. The van der Waals surface area contributed by atoms with E-state index in [1.807, 2.05) is 10.8 Å². The second-order valence-corrected chi connectivity index (χ2v) is 10.9. The molecule has 3 aromatic rings. The van der Waals surface area contributed by atoms with E-state index in [2.05, 4.69) is 33.4 Å². The molecule has 2 aliphatic heterocycles. The number of pyridine rings is 1. The first kappa shape index (κ1) is 20.6. The van der Waals surface area contributed by atoms with Crippen molar-refractivity contribution < 1.29 is 9.13 Å². The Balaban J connectivity index is 1.33. The minimum absolute atomic E-state index is 0.0376. The molecule has 0 bridgehead atoms. The van der Waals surface area contributed by atoms with Crippen molar-refractivity contribution in [1.29, 1.82) is 0 Å². The highest BCUT2D eigenvalue weighted by Gasteiger charge is 2.49. The average Bonchev–Trinajstić information content (AvgIpc) is 2.77. The zero-order valence-electron chi connectivity index (χ0n) is 19.3. The lowest BCUT2D eigenvalue weighted by Gasteiger charge is -2.56. The van der Waals surface area contributed by atoms with E-state index in [1.165, 1.54) is 6.42 Å². The average molecular weight is 464 g/mol. The smallest absolute Gasteiger partial charge is 0.260 e. The lowest BCUT2D eigenvalue weighted by atomic mass is 9.77. The van der Waals surface area contributed by atoms with Crippen molar-refractivity contribution in [1.82, 2.24) is 14.5 Å². The molecular formula is C26H30FN5O2. The number of hydrogen-bond donors (Lipinski definition) is 1. The van der Waals surface area contributed by atoms with Crippen LogP contribution < -0.4 is 15.8 Å². The summed E-state index contributed by atoms with van der Waals surface area (Å²) < 4.78 is 20.7. The molecule has 2 saturated heterocycles. The van der Waals surface area contributed by atoms with Crippen LogP contribution in [0.5, 0.6) is 0 Å². The van der Waals surface area contributed by atoms with Gasteiger partial charge in [0.05, 0.1) is 24.0 Å². The fourth-order valence-corrected chi connectivity index (χ4v) is 6.23. The van der Waals surface area contributed by atoms with E-state index in [0.29, 0.717) is 29.9 Å². The van der Waals surface area contributed by atoms with Crippen LogP contribution in [-0.2, 0) is 4.74 Å². The van der Waals surface area contributed by atoms with Crippen LogP contribution in [0, 0.1) is 5.41 Å². The number of alkyl halides is 1. The molecule has 0 unspecified atom stereocenters. The molecular weight excluding hydrogens is 433 g/mol. The highest BCUT2D eigenvalue weighted by Crippen LogP contribution is 2.41. The van der Waals surface area contributed by atoms with Crippen molar-refractivity contribution in [3.8, 4) is 0 Å². The summed E-state index contributed by atoms with van der Waals surface area (Å²) >= 11 is 0. The van der Waals surface area contributed by atoms with E-state index in [0.717, 1.165) is 73.8 Å². The zero-order valence-corrected chi connectivity index (χ0v) is 19.3. The Morgan fingerprint density at radius 3 is 2.56 bits per heavy atom. The van der Waals surface area contributed by atoms with Crippen LogP contribution in [0.25, 0.3) is 21.8 Å². The first-order valence-electron chi connectivity index (χ1n) is 12.7. The summed E-state index contributed by atoms with van der Waals surface area (Å²) in [5, 5.41) is 5.81. The summed E-state index contributed by atoms with van der Waals surface area (Å²) in [6.07, 6.45) is 7.53. The molecule has 34 heavy (non-hydrogen) atoms. The number of nitrogens with one attached hydrogen (secondary N) is 1. The van der Waals surface area contributed by atoms with Gasteiger partial charge in [0.2, 0.25) is 5.95 Å². The molecule has 2 aliphatic carbocycles. The SMILES string of the molecule is O=c1c2cc(N3CC4(COC4)C3)ccc2c2cnc(NC3CC(F)C3)nc2n1C1CCCCC1. The summed E-state index contributed by atoms with van der Waals surface area (Å²) in [6.45, 7) is 3.66. The molecule has 8 heteroatoms. The van der Waals surface area contributed by atoms with Crippen LogP contribution in [0.1, 0.15) is 51.0 Å². The van der Waals surface area contributed by atoms with Crippen LogP contribution in [0.4, 0.5) is 16.0 Å². The number of aromatic nitrogens is 3. The first-order chi connectivity index (χ1) is 16.6. The summed E-state index contributed by atoms with van der Waals surface area (Å²) in [5.74, 6) is 0.484. The van der Waals surface area contributed by atoms with Gasteiger partial charge in [-0.15, -0.1) is 0 Å². The molecule has 0 atom stereocenters. The predicted molar refractivity (Wildman–Crippen MR) is 130 cm³/mol. The lowest BCUT2D eigenvalue weighted by Crippen LogP contribution is -2.66. The van der Waals surface area contributed by atoms with Crippen molar-refractivity contribution in [2.45, 2.75) is 63.2 Å². The molecule has 1 N–H and O–H groups in total. The van der Waals surface area contributed by atoms with E-state index >= 15 is 0 Å². The molecule has 4 aliphatic rings. The standard InChI is InChI=1S/C26H30FN5O2/c27-16-8-17(9-16)29-25-28-11-22-20-7-6-19(31-12-26(13-31)14-34-15-26)10-21(20)24(33)32(23(22)30-25)18-4-2-1-3-5-18/h6-7,10-11,16-18H,1-5,8-9,12-15H2,(H,28,29,30). The maximum atomic E-state index is 14.0. The van der Waals surface area contributed by atoms with Gasteiger partial charge in [-0.3, -0.25) is 9.36 Å². The Labute approximate surface area is 197 Å². The van der Waals surface area contributed by atoms with Gasteiger partial charge in [0.25, 0.3) is 5.56 Å². The van der Waals surface area contributed by atoms with E-state index < -0.39 is 6.17 Å². The molecule has 2 aromatic heterocycles. The van der Waals surface area contributed by atoms with E-state index in [1.54, 1.807) is 0 Å². The number of benzene rings is 1. The third-order valence-electron chi connectivity index (χ3n) is 8.33. The summed E-state index contributed by atoms with van der Waals surface area (Å²) in [5.41, 5.74) is 2.15. The monoisotopic (exact) mass is 463 g/mol. The molecule has 0 radical (unpaired) electrons. The number of rotatable bonds is 4. The number of anilines is 2. The van der Waals surface area contributed by atoms with Crippen molar-refractivity contribution in [2.75, 3.05) is 36.5 Å². The van der Waals surface area contributed by atoms with Crippen LogP contribution in [0.2, 0.25) is 0 Å². The molecule has 7 rings (SSSR count). The van der Waals surface area contributed by atoms with E-state index in [-0.39, 0.29) is 17.6 Å². The molecule has 4 heterocycles. The Bertz CT molecular complexity index is 1320. The summed E-state index contributed by atoms with van der Waals surface area (Å²) in [6, 6.07) is 6.44. The van der Waals surface area contributed by atoms with Crippen LogP contribution in [0.15, 0.2) is 29.2 Å². The fourth-order valence-electron chi connectivity index (χ4n) is 6.23. The lowest BCUT2D eigenvalue weighted by molar-refractivity contribution is -0.127. The molecule has 0 amide bonds.